The first-order chi connectivity index (χ1) is 8.47. The zero-order valence-electron chi connectivity index (χ0n) is 9.32. The molecule has 0 aromatic heterocycles. The second-order valence-corrected chi connectivity index (χ2v) is 5.46. The van der Waals surface area contributed by atoms with E-state index >= 15 is 0 Å². The molecule has 0 spiro atoms. The summed E-state index contributed by atoms with van der Waals surface area (Å²) in [6, 6.07) is 3.85. The lowest BCUT2D eigenvalue weighted by Crippen LogP contribution is -2.46. The van der Waals surface area contributed by atoms with Crippen molar-refractivity contribution >= 4 is 34.5 Å². The average molecular weight is 363 g/mol. The summed E-state index contributed by atoms with van der Waals surface area (Å²) in [5.74, 6) is -1.85. The molecular weight excluding hydrogens is 352 g/mol. The van der Waals surface area contributed by atoms with Gasteiger partial charge in [0.1, 0.15) is 5.82 Å². The molecule has 96 valence electrons. The maximum Gasteiger partial charge on any atom is 0.306 e. The van der Waals surface area contributed by atoms with Gasteiger partial charge < -0.3 is 10.4 Å². The van der Waals surface area contributed by atoms with Crippen molar-refractivity contribution in [1.29, 1.82) is 0 Å². The van der Waals surface area contributed by atoms with E-state index in [2.05, 4.69) is 5.32 Å². The van der Waals surface area contributed by atoms with Crippen molar-refractivity contribution in [3.8, 4) is 0 Å². The Bertz CT molecular complexity index is 500. The van der Waals surface area contributed by atoms with E-state index in [-0.39, 0.29) is 23.7 Å². The van der Waals surface area contributed by atoms with Crippen LogP contribution in [0.25, 0.3) is 0 Å². The lowest BCUT2D eigenvalue weighted by atomic mass is 9.80. The summed E-state index contributed by atoms with van der Waals surface area (Å²) in [6.45, 7) is 0. The van der Waals surface area contributed by atoms with Gasteiger partial charge in [0.05, 0.1) is 11.5 Å². The van der Waals surface area contributed by atoms with Crippen molar-refractivity contribution in [1.82, 2.24) is 5.32 Å². The third kappa shape index (κ3) is 2.80. The molecule has 18 heavy (non-hydrogen) atoms. The van der Waals surface area contributed by atoms with Gasteiger partial charge in [0.25, 0.3) is 5.91 Å². The van der Waals surface area contributed by atoms with Crippen LogP contribution in [0.2, 0.25) is 0 Å². The van der Waals surface area contributed by atoms with E-state index in [1.54, 1.807) is 0 Å². The Morgan fingerprint density at radius 1 is 1.39 bits per heavy atom. The number of hydrogen-bond acceptors (Lipinski definition) is 2. The van der Waals surface area contributed by atoms with Crippen LogP contribution in [-0.4, -0.2) is 23.0 Å². The number of carboxylic acid groups (broad SMARTS) is 1. The molecule has 2 N–H and O–H groups in total. The number of carbonyl (C=O) groups excluding carboxylic acids is 1. The molecule has 0 unspecified atom stereocenters. The van der Waals surface area contributed by atoms with Crippen molar-refractivity contribution in [3.05, 3.63) is 33.1 Å². The molecule has 1 aliphatic rings. The summed E-state index contributed by atoms with van der Waals surface area (Å²) >= 11 is 1.90. The number of rotatable bonds is 3. The fraction of sp³-hybridized carbons (Fsp3) is 0.333. The number of halogens is 2. The molecule has 0 atom stereocenters. The number of hydrogen-bond donors (Lipinski definition) is 2. The van der Waals surface area contributed by atoms with E-state index in [0.29, 0.717) is 22.0 Å². The number of carbonyl (C=O) groups is 2. The monoisotopic (exact) mass is 363 g/mol. The van der Waals surface area contributed by atoms with Crippen molar-refractivity contribution in [3.63, 3.8) is 0 Å². The van der Waals surface area contributed by atoms with Gasteiger partial charge in [-0.25, -0.2) is 4.39 Å². The van der Waals surface area contributed by atoms with Gasteiger partial charge in [0.2, 0.25) is 0 Å². The molecule has 0 heterocycles. The molecule has 6 heteroatoms. The quantitative estimate of drug-likeness (QED) is 0.808. The minimum absolute atomic E-state index is 0.0977. The largest absolute Gasteiger partial charge is 0.481 e. The SMILES string of the molecule is O=C(NC1CC(C(=O)O)C1)c1ccc(F)cc1I. The van der Waals surface area contributed by atoms with Crippen LogP contribution in [0.4, 0.5) is 4.39 Å². The Morgan fingerprint density at radius 3 is 2.61 bits per heavy atom. The standard InChI is InChI=1S/C12H11FINO3/c13-7-1-2-9(10(14)5-7)11(16)15-8-3-6(4-8)12(17)18/h1-2,5-6,8H,3-4H2,(H,15,16)(H,17,18). The van der Waals surface area contributed by atoms with Gasteiger partial charge in [0.15, 0.2) is 0 Å². The minimum atomic E-state index is -0.822. The fourth-order valence-corrected chi connectivity index (χ4v) is 2.60. The smallest absolute Gasteiger partial charge is 0.306 e. The highest BCUT2D eigenvalue weighted by molar-refractivity contribution is 14.1. The third-order valence-electron chi connectivity index (χ3n) is 3.00. The Kier molecular flexibility index (Phi) is 3.84. The van der Waals surface area contributed by atoms with Crippen molar-refractivity contribution in [2.45, 2.75) is 18.9 Å². The van der Waals surface area contributed by atoms with E-state index in [0.717, 1.165) is 0 Å². The molecule has 0 aliphatic heterocycles. The van der Waals surface area contributed by atoms with Gasteiger partial charge in [-0.2, -0.15) is 0 Å². The topological polar surface area (TPSA) is 66.4 Å². The Balaban J connectivity index is 1.95. The first-order valence-corrected chi connectivity index (χ1v) is 6.54. The summed E-state index contributed by atoms with van der Waals surface area (Å²) in [5.41, 5.74) is 0.413. The fourth-order valence-electron chi connectivity index (χ4n) is 1.87. The predicted octanol–water partition coefficient (Wildman–Crippen LogP) is 2.02. The van der Waals surface area contributed by atoms with E-state index in [1.807, 2.05) is 22.6 Å². The number of aliphatic carboxylic acids is 1. The molecule has 1 aromatic rings. The van der Waals surface area contributed by atoms with Crippen LogP contribution in [-0.2, 0) is 4.79 Å². The van der Waals surface area contributed by atoms with Crippen molar-refractivity contribution in [2.75, 3.05) is 0 Å². The van der Waals surface area contributed by atoms with Crippen LogP contribution in [0.15, 0.2) is 18.2 Å². The summed E-state index contributed by atoms with van der Waals surface area (Å²) in [5, 5.41) is 11.5. The van der Waals surface area contributed by atoms with E-state index in [1.165, 1.54) is 18.2 Å². The second-order valence-electron chi connectivity index (χ2n) is 4.30. The van der Waals surface area contributed by atoms with Gasteiger partial charge in [-0.15, -0.1) is 0 Å². The van der Waals surface area contributed by atoms with Crippen LogP contribution in [0.1, 0.15) is 23.2 Å². The molecule has 0 bridgehead atoms. The Labute approximate surface area is 117 Å². The molecule has 1 aromatic carbocycles. The first-order valence-electron chi connectivity index (χ1n) is 5.46. The normalized spacial score (nSPS) is 22.1. The summed E-state index contributed by atoms with van der Waals surface area (Å²) in [6.07, 6.45) is 0.914. The predicted molar refractivity (Wildman–Crippen MR) is 70.7 cm³/mol. The third-order valence-corrected chi connectivity index (χ3v) is 3.89. The van der Waals surface area contributed by atoms with E-state index < -0.39 is 5.97 Å². The minimum Gasteiger partial charge on any atom is -0.481 e. The van der Waals surface area contributed by atoms with Gasteiger partial charge in [0, 0.05) is 9.61 Å². The Hall–Kier alpha value is -1.18. The molecule has 0 saturated heterocycles. The second kappa shape index (κ2) is 5.21. The number of benzene rings is 1. The zero-order valence-corrected chi connectivity index (χ0v) is 11.5. The average Bonchev–Trinajstić information content (AvgIpc) is 2.21. The van der Waals surface area contributed by atoms with Crippen LogP contribution < -0.4 is 5.32 Å². The molecule has 4 nitrogen and oxygen atoms in total. The molecule has 1 amide bonds. The van der Waals surface area contributed by atoms with Crippen LogP contribution in [0, 0.1) is 15.3 Å². The van der Waals surface area contributed by atoms with E-state index in [4.69, 9.17) is 5.11 Å². The molecule has 2 rings (SSSR count). The van der Waals surface area contributed by atoms with Gasteiger partial charge >= 0.3 is 5.97 Å². The molecular formula is C12H11FINO3. The maximum absolute atomic E-state index is 12.9. The lowest BCUT2D eigenvalue weighted by molar-refractivity contribution is -0.145. The van der Waals surface area contributed by atoms with Crippen LogP contribution >= 0.6 is 22.6 Å². The molecule has 1 saturated carbocycles. The molecule has 0 radical (unpaired) electrons. The van der Waals surface area contributed by atoms with Crippen LogP contribution in [0.3, 0.4) is 0 Å². The number of amides is 1. The van der Waals surface area contributed by atoms with Crippen molar-refractivity contribution < 1.29 is 19.1 Å². The van der Waals surface area contributed by atoms with E-state index in [9.17, 15) is 14.0 Å². The zero-order chi connectivity index (χ0) is 13.3. The highest BCUT2D eigenvalue weighted by Gasteiger charge is 2.35. The number of carboxylic acids is 1. The maximum atomic E-state index is 12.9. The lowest BCUT2D eigenvalue weighted by Gasteiger charge is -2.32. The van der Waals surface area contributed by atoms with Crippen molar-refractivity contribution in [2.24, 2.45) is 5.92 Å². The summed E-state index contributed by atoms with van der Waals surface area (Å²) < 4.78 is 13.4. The molecule has 1 aliphatic carbocycles. The first kappa shape index (κ1) is 13.3. The highest BCUT2D eigenvalue weighted by Crippen LogP contribution is 2.28. The van der Waals surface area contributed by atoms with Gasteiger partial charge in [-0.05, 0) is 53.6 Å². The highest BCUT2D eigenvalue weighted by atomic mass is 127. The summed E-state index contributed by atoms with van der Waals surface area (Å²) in [4.78, 5) is 22.5. The number of nitrogens with one attached hydrogen (secondary N) is 1. The van der Waals surface area contributed by atoms with Gasteiger partial charge in [-0.1, -0.05) is 0 Å². The Morgan fingerprint density at radius 2 is 2.06 bits per heavy atom. The van der Waals surface area contributed by atoms with Crippen LogP contribution in [0.5, 0.6) is 0 Å². The molecule has 1 fully saturated rings. The summed E-state index contributed by atoms with van der Waals surface area (Å²) in [7, 11) is 0. The van der Waals surface area contributed by atoms with Gasteiger partial charge in [-0.3, -0.25) is 9.59 Å².